The Morgan fingerprint density at radius 3 is 2.74 bits per heavy atom. The van der Waals surface area contributed by atoms with E-state index in [1.165, 1.54) is 30.7 Å². The lowest BCUT2D eigenvalue weighted by molar-refractivity contribution is 0.0566. The molecule has 4 N–H and O–H groups in total. The molecule has 0 aliphatic carbocycles. The molecule has 38 heavy (non-hydrogen) atoms. The highest BCUT2D eigenvalue weighted by Crippen LogP contribution is 2.35. The van der Waals surface area contributed by atoms with E-state index in [2.05, 4.69) is 30.3 Å². The smallest absolute Gasteiger partial charge is 0.333 e. The van der Waals surface area contributed by atoms with E-state index < -0.39 is 12.4 Å². The Balaban J connectivity index is 0.00000336. The van der Waals surface area contributed by atoms with Gasteiger partial charge in [0.1, 0.15) is 17.5 Å². The van der Waals surface area contributed by atoms with E-state index in [0.717, 1.165) is 25.1 Å². The Labute approximate surface area is 223 Å². The number of nitrogens with zero attached hydrogens (tertiary/aromatic N) is 6. The van der Waals surface area contributed by atoms with Crippen LogP contribution in [0.4, 0.5) is 30.5 Å². The van der Waals surface area contributed by atoms with Gasteiger partial charge in [0.15, 0.2) is 5.82 Å². The summed E-state index contributed by atoms with van der Waals surface area (Å²) in [6.07, 6.45) is 7.54. The van der Waals surface area contributed by atoms with Gasteiger partial charge in [-0.15, -0.1) is 12.4 Å². The van der Waals surface area contributed by atoms with E-state index in [4.69, 9.17) is 5.73 Å². The fourth-order valence-electron chi connectivity index (χ4n) is 4.44. The van der Waals surface area contributed by atoms with Crippen molar-refractivity contribution in [2.24, 2.45) is 5.73 Å². The molecule has 13 heteroatoms. The van der Waals surface area contributed by atoms with Crippen LogP contribution in [0.15, 0.2) is 55.1 Å². The van der Waals surface area contributed by atoms with Gasteiger partial charge in [-0.25, -0.2) is 24.0 Å². The van der Waals surface area contributed by atoms with Crippen LogP contribution in [0.5, 0.6) is 0 Å². The summed E-state index contributed by atoms with van der Waals surface area (Å²) in [7, 11) is 0. The van der Waals surface area contributed by atoms with Crippen molar-refractivity contribution in [2.45, 2.75) is 32.0 Å². The van der Waals surface area contributed by atoms with Gasteiger partial charge in [-0.3, -0.25) is 0 Å². The van der Waals surface area contributed by atoms with Gasteiger partial charge in [-0.1, -0.05) is 12.1 Å². The Morgan fingerprint density at radius 1 is 1.16 bits per heavy atom. The summed E-state index contributed by atoms with van der Waals surface area (Å²) in [4.78, 5) is 15.2. The summed E-state index contributed by atoms with van der Waals surface area (Å²) in [6, 6.07) is 7.80. The maximum Gasteiger partial charge on any atom is 0.333 e. The molecule has 4 heterocycles. The molecule has 4 aromatic rings. The van der Waals surface area contributed by atoms with Crippen molar-refractivity contribution in [3.05, 3.63) is 66.5 Å². The Kier molecular flexibility index (Phi) is 8.45. The van der Waals surface area contributed by atoms with Gasteiger partial charge in [0, 0.05) is 60.6 Å². The lowest BCUT2D eigenvalue weighted by Crippen LogP contribution is -2.43. The number of nitrogens with one attached hydrogen (secondary N) is 1. The van der Waals surface area contributed by atoms with Crippen LogP contribution in [0.1, 0.15) is 25.0 Å². The van der Waals surface area contributed by atoms with E-state index in [9.17, 15) is 18.3 Å². The van der Waals surface area contributed by atoms with Crippen molar-refractivity contribution < 1.29 is 18.3 Å². The highest BCUT2D eigenvalue weighted by Gasteiger charge is 2.22. The standard InChI is InChI=1S/C25H25F3N8O.ClH/c26-19-5-1-3-15(14-37)23(19)24-30-7-6-21(34-24)33-22-9-20(35-8-2-4-17(29)13-35)18(11-31-22)16-10-32-36(12-16)25(27)28;/h1,3,5-7,9-12,17,25,37H,2,4,8,13-14,29H2,(H,30,31,33,34);1H/t17-;/m0./s1. The largest absolute Gasteiger partial charge is 0.392 e. The van der Waals surface area contributed by atoms with E-state index in [1.807, 2.05) is 0 Å². The predicted molar refractivity (Wildman–Crippen MR) is 140 cm³/mol. The minimum absolute atomic E-state index is 0. The van der Waals surface area contributed by atoms with Gasteiger partial charge in [-0.2, -0.15) is 13.9 Å². The summed E-state index contributed by atoms with van der Waals surface area (Å²) in [5, 5.41) is 16.5. The van der Waals surface area contributed by atoms with Gasteiger partial charge in [-0.05, 0) is 30.5 Å². The summed E-state index contributed by atoms with van der Waals surface area (Å²) >= 11 is 0. The van der Waals surface area contributed by atoms with Gasteiger partial charge < -0.3 is 21.1 Å². The van der Waals surface area contributed by atoms with E-state index in [1.54, 1.807) is 24.4 Å². The van der Waals surface area contributed by atoms with Crippen LogP contribution in [-0.2, 0) is 6.61 Å². The molecular weight excluding hydrogens is 521 g/mol. The van der Waals surface area contributed by atoms with Crippen LogP contribution in [0.2, 0.25) is 0 Å². The van der Waals surface area contributed by atoms with Gasteiger partial charge in [0.2, 0.25) is 0 Å². The Bertz CT molecular complexity index is 1400. The number of hydrogen-bond acceptors (Lipinski definition) is 8. The van der Waals surface area contributed by atoms with Crippen LogP contribution < -0.4 is 16.0 Å². The fraction of sp³-hybridized carbons (Fsp3) is 0.280. The van der Waals surface area contributed by atoms with Crippen molar-refractivity contribution in [3.63, 3.8) is 0 Å². The number of nitrogens with two attached hydrogens (primary N) is 1. The van der Waals surface area contributed by atoms with Crippen molar-refractivity contribution in [3.8, 4) is 22.5 Å². The number of alkyl halides is 2. The molecule has 0 unspecified atom stereocenters. The average molecular weight is 547 g/mol. The number of pyridine rings is 1. The first-order chi connectivity index (χ1) is 17.9. The summed E-state index contributed by atoms with van der Waals surface area (Å²) < 4.78 is 41.4. The first-order valence-corrected chi connectivity index (χ1v) is 11.7. The molecule has 0 bridgehead atoms. The summed E-state index contributed by atoms with van der Waals surface area (Å²) in [5.74, 6) is 0.383. The lowest BCUT2D eigenvalue weighted by Gasteiger charge is -2.34. The van der Waals surface area contributed by atoms with Crippen LogP contribution in [0.25, 0.3) is 22.5 Å². The van der Waals surface area contributed by atoms with Crippen LogP contribution in [-0.4, -0.2) is 49.0 Å². The van der Waals surface area contributed by atoms with Crippen LogP contribution in [0.3, 0.4) is 0 Å². The van der Waals surface area contributed by atoms with Gasteiger partial charge in [0.25, 0.3) is 0 Å². The van der Waals surface area contributed by atoms with Crippen molar-refractivity contribution in [2.75, 3.05) is 23.3 Å². The predicted octanol–water partition coefficient (Wildman–Crippen LogP) is 4.52. The zero-order chi connectivity index (χ0) is 25.9. The number of aromatic nitrogens is 5. The Hall–Kier alpha value is -3.74. The minimum atomic E-state index is -2.75. The molecule has 1 saturated heterocycles. The first kappa shape index (κ1) is 27.3. The molecule has 1 aliphatic rings. The summed E-state index contributed by atoms with van der Waals surface area (Å²) in [6.45, 7) is -1.75. The maximum absolute atomic E-state index is 14.5. The second kappa shape index (κ2) is 11.8. The highest BCUT2D eigenvalue weighted by molar-refractivity contribution is 5.85. The number of benzene rings is 1. The van der Waals surface area contributed by atoms with E-state index in [0.29, 0.717) is 39.6 Å². The van der Waals surface area contributed by atoms with Crippen molar-refractivity contribution >= 4 is 29.7 Å². The SMILES string of the molecule is Cl.N[C@H]1CCCN(c2cc(Nc3ccnc(-c4c(F)cccc4CO)n3)ncc2-c2cnn(C(F)F)c2)C1. The maximum atomic E-state index is 14.5. The Morgan fingerprint density at radius 2 is 2.00 bits per heavy atom. The molecule has 1 atom stereocenters. The van der Waals surface area contributed by atoms with Gasteiger partial charge in [0.05, 0.1) is 18.4 Å². The molecule has 5 rings (SSSR count). The lowest BCUT2D eigenvalue weighted by atomic mass is 10.0. The molecule has 0 spiro atoms. The zero-order valence-electron chi connectivity index (χ0n) is 20.1. The molecule has 200 valence electrons. The third-order valence-electron chi connectivity index (χ3n) is 6.20. The minimum Gasteiger partial charge on any atom is -0.392 e. The molecule has 0 saturated carbocycles. The molecule has 1 aliphatic heterocycles. The van der Waals surface area contributed by atoms with E-state index >= 15 is 0 Å². The number of halogens is 4. The third-order valence-corrected chi connectivity index (χ3v) is 6.20. The van der Waals surface area contributed by atoms with Crippen LogP contribution >= 0.6 is 12.4 Å². The second-order valence-corrected chi connectivity index (χ2v) is 8.74. The normalized spacial score (nSPS) is 15.4. The molecule has 9 nitrogen and oxygen atoms in total. The van der Waals surface area contributed by atoms with Crippen molar-refractivity contribution in [1.29, 1.82) is 0 Å². The molecular formula is C25H26ClF3N8O. The number of rotatable bonds is 7. The molecule has 3 aromatic heterocycles. The van der Waals surface area contributed by atoms with Crippen LogP contribution in [0, 0.1) is 5.82 Å². The number of anilines is 3. The topological polar surface area (TPSA) is 118 Å². The average Bonchev–Trinajstić information content (AvgIpc) is 3.39. The number of piperidine rings is 1. The highest BCUT2D eigenvalue weighted by atomic mass is 35.5. The number of hydrogen-bond donors (Lipinski definition) is 3. The number of aliphatic hydroxyl groups is 1. The van der Waals surface area contributed by atoms with Crippen molar-refractivity contribution in [1.82, 2.24) is 24.7 Å². The quantitative estimate of drug-likeness (QED) is 0.310. The third kappa shape index (κ3) is 5.72. The summed E-state index contributed by atoms with van der Waals surface area (Å²) in [5.41, 5.74) is 8.63. The number of aliphatic hydroxyl groups excluding tert-OH is 1. The molecule has 1 aromatic carbocycles. The first-order valence-electron chi connectivity index (χ1n) is 11.7. The second-order valence-electron chi connectivity index (χ2n) is 8.74. The van der Waals surface area contributed by atoms with Gasteiger partial charge >= 0.3 is 6.55 Å². The zero-order valence-corrected chi connectivity index (χ0v) is 21.0. The molecule has 0 amide bonds. The fourth-order valence-corrected chi connectivity index (χ4v) is 4.44. The molecule has 0 radical (unpaired) electrons. The van der Waals surface area contributed by atoms with E-state index in [-0.39, 0.29) is 36.4 Å². The monoisotopic (exact) mass is 546 g/mol. The molecule has 1 fully saturated rings.